The molecule has 0 unspecified atom stereocenters. The molecule has 2 fully saturated rings. The van der Waals surface area contributed by atoms with Crippen molar-refractivity contribution in [2.75, 3.05) is 26.3 Å². The van der Waals surface area contributed by atoms with E-state index in [1.165, 1.54) is 11.0 Å². The molecule has 2 atom stereocenters. The topological polar surface area (TPSA) is 99.4 Å². The molecule has 0 radical (unpaired) electrons. The van der Waals surface area contributed by atoms with E-state index >= 15 is 0 Å². The van der Waals surface area contributed by atoms with Crippen LogP contribution in [-0.2, 0) is 14.3 Å². The second-order valence-corrected chi connectivity index (χ2v) is 5.83. The lowest BCUT2D eigenvalue weighted by atomic mass is 10.0. The zero-order chi connectivity index (χ0) is 16.5. The highest BCUT2D eigenvalue weighted by Gasteiger charge is 2.45. The summed E-state index contributed by atoms with van der Waals surface area (Å²) in [5.41, 5.74) is 0.796. The predicted octanol–water partition coefficient (Wildman–Crippen LogP) is -0.328. The summed E-state index contributed by atoms with van der Waals surface area (Å²) in [7, 11) is 0. The summed E-state index contributed by atoms with van der Waals surface area (Å²) in [5.74, 6) is 0.205. The molecule has 2 aromatic rings. The molecule has 4 rings (SSSR count). The number of carbonyl (C=O) groups excluding carboxylic acids is 2. The van der Waals surface area contributed by atoms with Crippen LogP contribution in [0.1, 0.15) is 0 Å². The van der Waals surface area contributed by atoms with Gasteiger partial charge in [-0.2, -0.15) is 0 Å². The van der Waals surface area contributed by atoms with Gasteiger partial charge in [-0.05, 0) is 34.7 Å². The van der Waals surface area contributed by atoms with Crippen molar-refractivity contribution >= 4 is 11.9 Å². The maximum absolute atomic E-state index is 12.2. The molecule has 1 aromatic carbocycles. The van der Waals surface area contributed by atoms with Crippen LogP contribution in [0.15, 0.2) is 30.6 Å². The molecule has 124 valence electrons. The van der Waals surface area contributed by atoms with Gasteiger partial charge in [0.15, 0.2) is 6.61 Å². The molecule has 24 heavy (non-hydrogen) atoms. The third-order valence-corrected chi connectivity index (χ3v) is 4.35. The number of hydrogen-bond donors (Lipinski definition) is 0. The molecule has 2 aliphatic rings. The second kappa shape index (κ2) is 5.91. The van der Waals surface area contributed by atoms with Crippen LogP contribution in [0.25, 0.3) is 5.69 Å². The van der Waals surface area contributed by atoms with Gasteiger partial charge in [0.05, 0.1) is 18.2 Å². The summed E-state index contributed by atoms with van der Waals surface area (Å²) in [4.78, 5) is 25.4. The average molecular weight is 329 g/mol. The van der Waals surface area contributed by atoms with Crippen molar-refractivity contribution < 1.29 is 19.1 Å². The van der Waals surface area contributed by atoms with Crippen LogP contribution >= 0.6 is 0 Å². The fourth-order valence-electron chi connectivity index (χ4n) is 3.02. The Kier molecular flexibility index (Phi) is 3.60. The van der Waals surface area contributed by atoms with E-state index in [0.717, 1.165) is 5.69 Å². The molecule has 9 nitrogen and oxygen atoms in total. The highest BCUT2D eigenvalue weighted by Crippen LogP contribution is 2.30. The number of likely N-dealkylation sites (tertiary alicyclic amines) is 1. The van der Waals surface area contributed by atoms with Gasteiger partial charge in [0.25, 0.3) is 5.91 Å². The van der Waals surface area contributed by atoms with E-state index in [9.17, 15) is 9.59 Å². The summed E-state index contributed by atoms with van der Waals surface area (Å²) >= 11 is 0. The minimum Gasteiger partial charge on any atom is -0.484 e. The summed E-state index contributed by atoms with van der Waals surface area (Å²) in [6, 6.07) is 7.10. The zero-order valence-corrected chi connectivity index (χ0v) is 12.7. The van der Waals surface area contributed by atoms with E-state index in [1.54, 1.807) is 29.2 Å². The first-order valence-corrected chi connectivity index (χ1v) is 7.61. The minimum absolute atomic E-state index is 0.0568. The Bertz CT molecular complexity index is 746. The van der Waals surface area contributed by atoms with Gasteiger partial charge in [-0.25, -0.2) is 4.68 Å². The van der Waals surface area contributed by atoms with Gasteiger partial charge in [0, 0.05) is 19.0 Å². The number of rotatable bonds is 4. The lowest BCUT2D eigenvalue weighted by Crippen LogP contribution is -2.34. The van der Waals surface area contributed by atoms with E-state index in [4.69, 9.17) is 9.47 Å². The van der Waals surface area contributed by atoms with Gasteiger partial charge in [-0.15, -0.1) is 5.10 Å². The van der Waals surface area contributed by atoms with Crippen molar-refractivity contribution in [3.05, 3.63) is 30.6 Å². The highest BCUT2D eigenvalue weighted by atomic mass is 16.5. The fourth-order valence-corrected chi connectivity index (χ4v) is 3.02. The van der Waals surface area contributed by atoms with Crippen LogP contribution in [0.3, 0.4) is 0 Å². The Labute approximate surface area is 137 Å². The molecule has 1 aromatic heterocycles. The Morgan fingerprint density at radius 3 is 2.83 bits per heavy atom. The second-order valence-electron chi connectivity index (χ2n) is 5.83. The Morgan fingerprint density at radius 2 is 2.12 bits per heavy atom. The fraction of sp³-hybridized carbons (Fsp3) is 0.400. The SMILES string of the molecule is O=C1OC[C@H]2CN(C(=O)COc3ccc(-n4cnnn4)cc3)C[C@@H]12. The average Bonchev–Trinajstić information content (AvgIpc) is 3.32. The smallest absolute Gasteiger partial charge is 0.311 e. The molecule has 0 N–H and O–H groups in total. The largest absolute Gasteiger partial charge is 0.484 e. The molecule has 0 saturated carbocycles. The van der Waals surface area contributed by atoms with Crippen LogP contribution in [-0.4, -0.2) is 63.3 Å². The first-order valence-electron chi connectivity index (χ1n) is 7.61. The van der Waals surface area contributed by atoms with Crippen LogP contribution in [0.2, 0.25) is 0 Å². The molecule has 0 aliphatic carbocycles. The van der Waals surface area contributed by atoms with Crippen LogP contribution < -0.4 is 4.74 Å². The molecule has 0 bridgehead atoms. The molecule has 2 saturated heterocycles. The number of hydrogen-bond acceptors (Lipinski definition) is 7. The number of fused-ring (bicyclic) bond motifs is 1. The summed E-state index contributed by atoms with van der Waals surface area (Å²) in [5, 5.41) is 10.9. The van der Waals surface area contributed by atoms with Gasteiger partial charge in [-0.1, -0.05) is 0 Å². The zero-order valence-electron chi connectivity index (χ0n) is 12.7. The number of benzene rings is 1. The normalized spacial score (nSPS) is 22.3. The van der Waals surface area contributed by atoms with Gasteiger partial charge in [-0.3, -0.25) is 9.59 Å². The standard InChI is InChI=1S/C15H15N5O4/c21-14(19-5-10-7-24-15(22)13(10)6-19)8-23-12-3-1-11(2-4-12)20-9-16-17-18-20/h1-4,9-10,13H,5-8H2/t10-,13-/m1/s1. The van der Waals surface area contributed by atoms with Crippen molar-refractivity contribution in [2.24, 2.45) is 11.8 Å². The van der Waals surface area contributed by atoms with E-state index in [1.807, 2.05) is 0 Å². The van der Waals surface area contributed by atoms with Crippen molar-refractivity contribution in [3.8, 4) is 11.4 Å². The van der Waals surface area contributed by atoms with Crippen molar-refractivity contribution in [1.29, 1.82) is 0 Å². The first-order chi connectivity index (χ1) is 11.7. The Morgan fingerprint density at radius 1 is 1.29 bits per heavy atom. The molecule has 2 aliphatic heterocycles. The third-order valence-electron chi connectivity index (χ3n) is 4.35. The molecule has 9 heteroatoms. The number of amides is 1. The number of nitrogens with zero attached hydrogens (tertiary/aromatic N) is 5. The Balaban J connectivity index is 1.32. The van der Waals surface area contributed by atoms with Crippen molar-refractivity contribution in [1.82, 2.24) is 25.1 Å². The maximum Gasteiger partial charge on any atom is 0.311 e. The summed E-state index contributed by atoms with van der Waals surface area (Å²) < 4.78 is 12.1. The third kappa shape index (κ3) is 2.68. The van der Waals surface area contributed by atoms with Crippen LogP contribution in [0.4, 0.5) is 0 Å². The highest BCUT2D eigenvalue weighted by molar-refractivity contribution is 5.81. The molecular weight excluding hydrogens is 314 g/mol. The van der Waals surface area contributed by atoms with Gasteiger partial charge >= 0.3 is 5.97 Å². The number of tetrazole rings is 1. The first kappa shape index (κ1) is 14.6. The van der Waals surface area contributed by atoms with Gasteiger partial charge < -0.3 is 14.4 Å². The lowest BCUT2D eigenvalue weighted by molar-refractivity contribution is -0.142. The molecular formula is C15H15N5O4. The maximum atomic E-state index is 12.2. The minimum atomic E-state index is -0.200. The quantitative estimate of drug-likeness (QED) is 0.708. The van der Waals surface area contributed by atoms with Gasteiger partial charge in [0.2, 0.25) is 0 Å². The predicted molar refractivity (Wildman–Crippen MR) is 79.2 cm³/mol. The van der Waals surface area contributed by atoms with E-state index in [2.05, 4.69) is 15.5 Å². The van der Waals surface area contributed by atoms with Gasteiger partial charge in [0.1, 0.15) is 12.1 Å². The van der Waals surface area contributed by atoms with E-state index in [0.29, 0.717) is 25.4 Å². The van der Waals surface area contributed by atoms with E-state index in [-0.39, 0.29) is 30.3 Å². The van der Waals surface area contributed by atoms with Crippen molar-refractivity contribution in [2.45, 2.75) is 0 Å². The van der Waals surface area contributed by atoms with E-state index < -0.39 is 0 Å². The van der Waals surface area contributed by atoms with Crippen LogP contribution in [0, 0.1) is 11.8 Å². The van der Waals surface area contributed by atoms with Crippen molar-refractivity contribution in [3.63, 3.8) is 0 Å². The molecule has 1 amide bonds. The number of carbonyl (C=O) groups is 2. The number of ether oxygens (including phenoxy) is 2. The van der Waals surface area contributed by atoms with Crippen LogP contribution in [0.5, 0.6) is 5.75 Å². The summed E-state index contributed by atoms with van der Waals surface area (Å²) in [6.07, 6.45) is 1.49. The number of aromatic nitrogens is 4. The Hall–Kier alpha value is -2.97. The lowest BCUT2D eigenvalue weighted by Gasteiger charge is -2.17. The summed E-state index contributed by atoms with van der Waals surface area (Å²) in [6.45, 7) is 1.33. The molecule has 0 spiro atoms. The number of esters is 1. The monoisotopic (exact) mass is 329 g/mol. The number of cyclic esters (lactones) is 1. The molecule has 3 heterocycles.